The van der Waals surface area contributed by atoms with Gasteiger partial charge in [0.15, 0.2) is 0 Å². The Morgan fingerprint density at radius 2 is 2.31 bits per heavy atom. The van der Waals surface area contributed by atoms with Gasteiger partial charge in [0.05, 0.1) is 24.8 Å². The number of aromatic amines is 1. The molecule has 1 amide bonds. The molecule has 1 aromatic rings. The molecule has 0 aromatic carbocycles. The Hall–Kier alpha value is -1.36. The molecule has 1 saturated heterocycles. The zero-order valence-electron chi connectivity index (χ0n) is 9.91. The molecule has 1 atom stereocenters. The number of nitrogens with one attached hydrogen (secondary N) is 1. The monoisotopic (exact) mass is 223 g/mol. The molecule has 5 heteroatoms. The van der Waals surface area contributed by atoms with Crippen LogP contribution < -0.4 is 0 Å². The molecule has 1 fully saturated rings. The zero-order chi connectivity index (χ0) is 11.7. The van der Waals surface area contributed by atoms with Crippen LogP contribution in [-0.4, -0.2) is 34.3 Å². The Balaban J connectivity index is 2.18. The lowest BCUT2D eigenvalue weighted by Gasteiger charge is -2.19. The number of hydrogen-bond donors (Lipinski definition) is 1. The number of H-pyrrole nitrogens is 1. The molecule has 2 rings (SSSR count). The first-order valence-electron chi connectivity index (χ1n) is 5.57. The number of carbonyl (C=O) groups excluding carboxylic acids is 1. The van der Waals surface area contributed by atoms with Crippen LogP contribution in [0, 0.1) is 13.8 Å². The summed E-state index contributed by atoms with van der Waals surface area (Å²) >= 11 is 0. The highest BCUT2D eigenvalue weighted by Gasteiger charge is 2.28. The van der Waals surface area contributed by atoms with Gasteiger partial charge in [-0.05, 0) is 27.2 Å². The minimum absolute atomic E-state index is 0.0186. The van der Waals surface area contributed by atoms with E-state index in [2.05, 4.69) is 10.2 Å². The van der Waals surface area contributed by atoms with Gasteiger partial charge in [0, 0.05) is 11.3 Å². The van der Waals surface area contributed by atoms with Crippen molar-refractivity contribution in [1.29, 1.82) is 0 Å². The molecule has 1 aliphatic heterocycles. The SMILES string of the molecule is Cc1n[nH]c(C)c1[C@@H](C)C(=O)N1CCCO1. The number of hydroxylamine groups is 2. The van der Waals surface area contributed by atoms with Gasteiger partial charge < -0.3 is 0 Å². The smallest absolute Gasteiger partial charge is 0.253 e. The van der Waals surface area contributed by atoms with Crippen molar-refractivity contribution in [3.8, 4) is 0 Å². The normalized spacial score (nSPS) is 17.8. The number of amides is 1. The van der Waals surface area contributed by atoms with Crippen molar-refractivity contribution in [2.45, 2.75) is 33.1 Å². The minimum Gasteiger partial charge on any atom is -0.282 e. The fraction of sp³-hybridized carbons (Fsp3) is 0.636. The molecular formula is C11H17N3O2. The number of hydrogen-bond acceptors (Lipinski definition) is 3. The highest BCUT2D eigenvalue weighted by atomic mass is 16.7. The average molecular weight is 223 g/mol. The van der Waals surface area contributed by atoms with Crippen LogP contribution in [0.25, 0.3) is 0 Å². The van der Waals surface area contributed by atoms with Gasteiger partial charge in [-0.1, -0.05) is 0 Å². The molecule has 0 saturated carbocycles. The van der Waals surface area contributed by atoms with Crippen molar-refractivity contribution >= 4 is 5.91 Å². The van der Waals surface area contributed by atoms with Gasteiger partial charge in [0.1, 0.15) is 0 Å². The third kappa shape index (κ3) is 1.82. The topological polar surface area (TPSA) is 58.2 Å². The molecule has 1 aromatic heterocycles. The molecule has 0 aliphatic carbocycles. The second kappa shape index (κ2) is 4.25. The van der Waals surface area contributed by atoms with Gasteiger partial charge in [0.2, 0.25) is 0 Å². The summed E-state index contributed by atoms with van der Waals surface area (Å²) in [5.41, 5.74) is 2.83. The summed E-state index contributed by atoms with van der Waals surface area (Å²) in [6, 6.07) is 0. The molecule has 0 radical (unpaired) electrons. The van der Waals surface area contributed by atoms with Crippen LogP contribution in [0.15, 0.2) is 0 Å². The number of rotatable bonds is 2. The second-order valence-electron chi connectivity index (χ2n) is 4.20. The van der Waals surface area contributed by atoms with E-state index in [-0.39, 0.29) is 11.8 Å². The van der Waals surface area contributed by atoms with E-state index < -0.39 is 0 Å². The van der Waals surface area contributed by atoms with E-state index in [0.717, 1.165) is 23.4 Å². The van der Waals surface area contributed by atoms with Crippen LogP contribution in [0.5, 0.6) is 0 Å². The van der Waals surface area contributed by atoms with Crippen molar-refractivity contribution < 1.29 is 9.63 Å². The Morgan fingerprint density at radius 3 is 2.81 bits per heavy atom. The lowest BCUT2D eigenvalue weighted by atomic mass is 9.98. The Kier molecular flexibility index (Phi) is 2.96. The summed E-state index contributed by atoms with van der Waals surface area (Å²) in [5.74, 6) is -0.179. The van der Waals surface area contributed by atoms with Crippen LogP contribution in [0.3, 0.4) is 0 Å². The molecule has 0 unspecified atom stereocenters. The van der Waals surface area contributed by atoms with Crippen LogP contribution in [0.4, 0.5) is 0 Å². The summed E-state index contributed by atoms with van der Waals surface area (Å²) in [4.78, 5) is 17.4. The van der Waals surface area contributed by atoms with Crippen molar-refractivity contribution in [2.75, 3.05) is 13.2 Å². The van der Waals surface area contributed by atoms with E-state index in [4.69, 9.17) is 4.84 Å². The third-order valence-electron chi connectivity index (χ3n) is 2.99. The van der Waals surface area contributed by atoms with E-state index in [1.54, 1.807) is 0 Å². The van der Waals surface area contributed by atoms with E-state index in [1.807, 2.05) is 20.8 Å². The van der Waals surface area contributed by atoms with Gasteiger partial charge >= 0.3 is 0 Å². The maximum atomic E-state index is 12.1. The first kappa shape index (κ1) is 11.1. The number of aryl methyl sites for hydroxylation is 2. The highest BCUT2D eigenvalue weighted by Crippen LogP contribution is 2.24. The predicted octanol–water partition coefficient (Wildman–Crippen LogP) is 1.29. The molecule has 1 N–H and O–H groups in total. The molecule has 5 nitrogen and oxygen atoms in total. The minimum atomic E-state index is -0.197. The summed E-state index contributed by atoms with van der Waals surface area (Å²) in [6.07, 6.45) is 0.918. The standard InChI is InChI=1S/C11H17N3O2/c1-7(10-8(2)12-13-9(10)3)11(15)14-5-4-6-16-14/h7H,4-6H2,1-3H3,(H,12,13)/t7-/m1/s1. The lowest BCUT2D eigenvalue weighted by Crippen LogP contribution is -2.30. The second-order valence-corrected chi connectivity index (χ2v) is 4.20. The number of carbonyl (C=O) groups is 1. The van der Waals surface area contributed by atoms with Crippen LogP contribution in [0.1, 0.15) is 36.2 Å². The van der Waals surface area contributed by atoms with E-state index in [0.29, 0.717) is 13.2 Å². The third-order valence-corrected chi connectivity index (χ3v) is 2.99. The molecule has 0 bridgehead atoms. The van der Waals surface area contributed by atoms with E-state index in [9.17, 15) is 4.79 Å². The Bertz CT molecular complexity index is 374. The molecule has 88 valence electrons. The molecule has 0 spiro atoms. The van der Waals surface area contributed by atoms with Crippen LogP contribution >= 0.6 is 0 Å². The fourth-order valence-corrected chi connectivity index (χ4v) is 2.16. The molecule has 1 aliphatic rings. The largest absolute Gasteiger partial charge is 0.282 e. The summed E-state index contributed by atoms with van der Waals surface area (Å²) in [7, 11) is 0. The van der Waals surface area contributed by atoms with Crippen LogP contribution in [-0.2, 0) is 9.63 Å². The Labute approximate surface area is 94.7 Å². The van der Waals surface area contributed by atoms with Gasteiger partial charge in [0.25, 0.3) is 5.91 Å². The van der Waals surface area contributed by atoms with Crippen molar-refractivity contribution in [2.24, 2.45) is 0 Å². The van der Waals surface area contributed by atoms with Gasteiger partial charge in [-0.25, -0.2) is 5.06 Å². The molecule has 16 heavy (non-hydrogen) atoms. The van der Waals surface area contributed by atoms with Crippen molar-refractivity contribution in [1.82, 2.24) is 15.3 Å². The lowest BCUT2D eigenvalue weighted by molar-refractivity contribution is -0.170. The zero-order valence-corrected chi connectivity index (χ0v) is 9.91. The predicted molar refractivity (Wildman–Crippen MR) is 58.8 cm³/mol. The first-order valence-corrected chi connectivity index (χ1v) is 5.57. The maximum Gasteiger partial charge on any atom is 0.253 e. The molecule has 2 heterocycles. The summed E-state index contributed by atoms with van der Waals surface area (Å²) < 4.78 is 0. The first-order chi connectivity index (χ1) is 7.61. The quantitative estimate of drug-likeness (QED) is 0.822. The van der Waals surface area contributed by atoms with Crippen LogP contribution in [0.2, 0.25) is 0 Å². The van der Waals surface area contributed by atoms with Crippen molar-refractivity contribution in [3.05, 3.63) is 17.0 Å². The average Bonchev–Trinajstić information content (AvgIpc) is 2.87. The highest BCUT2D eigenvalue weighted by molar-refractivity contribution is 5.83. The van der Waals surface area contributed by atoms with Gasteiger partial charge in [-0.3, -0.25) is 14.7 Å². The fourth-order valence-electron chi connectivity index (χ4n) is 2.16. The number of aromatic nitrogens is 2. The maximum absolute atomic E-state index is 12.1. The summed E-state index contributed by atoms with van der Waals surface area (Å²) in [5, 5.41) is 8.48. The van der Waals surface area contributed by atoms with Crippen molar-refractivity contribution in [3.63, 3.8) is 0 Å². The Morgan fingerprint density at radius 1 is 1.56 bits per heavy atom. The molecular weight excluding hydrogens is 206 g/mol. The summed E-state index contributed by atoms with van der Waals surface area (Å²) in [6.45, 7) is 7.08. The van der Waals surface area contributed by atoms with E-state index in [1.165, 1.54) is 5.06 Å². The van der Waals surface area contributed by atoms with Gasteiger partial charge in [-0.15, -0.1) is 0 Å². The number of nitrogens with zero attached hydrogens (tertiary/aromatic N) is 2. The van der Waals surface area contributed by atoms with E-state index >= 15 is 0 Å². The van der Waals surface area contributed by atoms with Gasteiger partial charge in [-0.2, -0.15) is 5.10 Å².